The Morgan fingerprint density at radius 3 is 1.88 bits per heavy atom. The van der Waals surface area contributed by atoms with Crippen molar-refractivity contribution in [3.63, 3.8) is 0 Å². The first-order chi connectivity index (χ1) is 15.6. The van der Waals surface area contributed by atoms with Gasteiger partial charge in [0.05, 0.1) is 4.92 Å². The third kappa shape index (κ3) is 4.20. The van der Waals surface area contributed by atoms with Crippen molar-refractivity contribution in [1.29, 1.82) is 0 Å². The van der Waals surface area contributed by atoms with Crippen molar-refractivity contribution in [2.45, 2.75) is 13.8 Å². The van der Waals surface area contributed by atoms with Gasteiger partial charge in [-0.3, -0.25) is 38.8 Å². The summed E-state index contributed by atoms with van der Waals surface area (Å²) in [6.07, 6.45) is 0. The van der Waals surface area contributed by atoms with Crippen LogP contribution in [0.25, 0.3) is 0 Å². The molecular weight excluding hydrogens is 434 g/mol. The first-order valence-corrected chi connectivity index (χ1v) is 10.0. The molecule has 13 nitrogen and oxygen atoms in total. The zero-order chi connectivity index (χ0) is 24.4. The standard InChI is InChI=1S/C20H23N7O6/c1-5-25(14-11-15(28)23(3)19(30)21-14)12-7-9-13(10-8-12)26(6-2)17-16(27(32)33)18(29)24(4)20(31)22-17/h7-11H,5-6H2,1-4H3,(H,21,30)(H,22,31). The maximum atomic E-state index is 12.3. The van der Waals surface area contributed by atoms with Gasteiger partial charge in [-0.1, -0.05) is 0 Å². The fourth-order valence-corrected chi connectivity index (χ4v) is 3.42. The number of nitrogens with zero attached hydrogens (tertiary/aromatic N) is 5. The molecule has 0 aliphatic carbocycles. The fraction of sp³-hybridized carbons (Fsp3) is 0.300. The summed E-state index contributed by atoms with van der Waals surface area (Å²) in [5.74, 6) is 0.101. The van der Waals surface area contributed by atoms with E-state index in [4.69, 9.17) is 0 Å². The lowest BCUT2D eigenvalue weighted by atomic mass is 10.2. The molecule has 13 heteroatoms. The number of hydrogen-bond donors (Lipinski definition) is 2. The SMILES string of the molecule is CCN(c1ccc(N(CC)c2[nH]c(=O)n(C)c(=O)c2[N+](=O)[O-])cc1)c1cc(=O)n(C)c(=O)[nH]1. The van der Waals surface area contributed by atoms with Gasteiger partial charge in [0.25, 0.3) is 5.56 Å². The van der Waals surface area contributed by atoms with Crippen molar-refractivity contribution in [1.82, 2.24) is 19.1 Å². The Labute approximate surface area is 186 Å². The Morgan fingerprint density at radius 2 is 1.39 bits per heavy atom. The lowest BCUT2D eigenvalue weighted by Gasteiger charge is -2.25. The highest BCUT2D eigenvalue weighted by Gasteiger charge is 2.27. The highest BCUT2D eigenvalue weighted by atomic mass is 16.6. The summed E-state index contributed by atoms with van der Waals surface area (Å²) >= 11 is 0. The molecular formula is C20H23N7O6. The predicted octanol–water partition coefficient (Wildman–Crippen LogP) is 0.685. The van der Waals surface area contributed by atoms with Crippen molar-refractivity contribution >= 4 is 28.7 Å². The molecule has 0 spiro atoms. The second-order valence-electron chi connectivity index (χ2n) is 7.11. The normalized spacial score (nSPS) is 10.8. The van der Waals surface area contributed by atoms with Crippen LogP contribution in [0, 0.1) is 10.1 Å². The Balaban J connectivity index is 2.07. The van der Waals surface area contributed by atoms with Gasteiger partial charge in [0.1, 0.15) is 5.82 Å². The van der Waals surface area contributed by atoms with E-state index in [2.05, 4.69) is 9.97 Å². The monoisotopic (exact) mass is 457 g/mol. The van der Waals surface area contributed by atoms with E-state index >= 15 is 0 Å². The van der Waals surface area contributed by atoms with Crippen molar-refractivity contribution in [3.8, 4) is 0 Å². The second kappa shape index (κ2) is 8.98. The molecule has 0 unspecified atom stereocenters. The minimum atomic E-state index is -1.01. The number of benzene rings is 1. The van der Waals surface area contributed by atoms with Crippen LogP contribution in [0.15, 0.2) is 49.5 Å². The van der Waals surface area contributed by atoms with E-state index in [0.29, 0.717) is 28.3 Å². The molecule has 33 heavy (non-hydrogen) atoms. The van der Waals surface area contributed by atoms with Crippen molar-refractivity contribution in [3.05, 3.63) is 82.1 Å². The summed E-state index contributed by atoms with van der Waals surface area (Å²) in [5, 5.41) is 11.6. The third-order valence-corrected chi connectivity index (χ3v) is 5.24. The van der Waals surface area contributed by atoms with Crippen LogP contribution in [0.1, 0.15) is 13.8 Å². The van der Waals surface area contributed by atoms with Gasteiger partial charge in [-0.05, 0) is 38.1 Å². The van der Waals surface area contributed by atoms with Crippen molar-refractivity contribution < 1.29 is 4.92 Å². The van der Waals surface area contributed by atoms with Gasteiger partial charge in [-0.2, -0.15) is 0 Å². The van der Waals surface area contributed by atoms with Gasteiger partial charge in [-0.15, -0.1) is 0 Å². The summed E-state index contributed by atoms with van der Waals surface area (Å²) in [5.41, 5.74) is -2.40. The van der Waals surface area contributed by atoms with E-state index in [9.17, 15) is 29.3 Å². The molecule has 0 aliphatic rings. The molecule has 174 valence electrons. The lowest BCUT2D eigenvalue weighted by Crippen LogP contribution is -2.36. The highest BCUT2D eigenvalue weighted by molar-refractivity contribution is 5.70. The number of aromatic amines is 2. The number of rotatable bonds is 7. The quantitative estimate of drug-likeness (QED) is 0.387. The molecule has 3 rings (SSSR count). The van der Waals surface area contributed by atoms with E-state index in [1.165, 1.54) is 18.0 Å². The number of nitro groups is 1. The molecule has 0 bridgehead atoms. The Morgan fingerprint density at radius 1 is 0.879 bits per heavy atom. The Kier molecular flexibility index (Phi) is 6.33. The number of anilines is 4. The van der Waals surface area contributed by atoms with Gasteiger partial charge < -0.3 is 9.80 Å². The predicted molar refractivity (Wildman–Crippen MR) is 123 cm³/mol. The minimum Gasteiger partial charge on any atom is -0.328 e. The van der Waals surface area contributed by atoms with E-state index in [0.717, 1.165) is 11.6 Å². The van der Waals surface area contributed by atoms with E-state index in [1.54, 1.807) is 36.1 Å². The van der Waals surface area contributed by atoms with E-state index < -0.39 is 33.1 Å². The number of aromatic nitrogens is 4. The molecule has 0 fully saturated rings. The molecule has 2 N–H and O–H groups in total. The van der Waals surface area contributed by atoms with Crippen LogP contribution in [-0.2, 0) is 14.1 Å². The summed E-state index contributed by atoms with van der Waals surface area (Å²) in [6.45, 7) is 4.22. The third-order valence-electron chi connectivity index (χ3n) is 5.24. The number of H-pyrrole nitrogens is 2. The van der Waals surface area contributed by atoms with Crippen LogP contribution < -0.4 is 32.3 Å². The van der Waals surface area contributed by atoms with Crippen LogP contribution in [0.3, 0.4) is 0 Å². The molecule has 1 aromatic carbocycles. The maximum absolute atomic E-state index is 12.3. The number of hydrogen-bond acceptors (Lipinski definition) is 8. The highest BCUT2D eigenvalue weighted by Crippen LogP contribution is 2.31. The minimum absolute atomic E-state index is 0.216. The largest absolute Gasteiger partial charge is 0.374 e. The topological polar surface area (TPSA) is 159 Å². The average Bonchev–Trinajstić information content (AvgIpc) is 2.77. The van der Waals surface area contributed by atoms with Crippen LogP contribution >= 0.6 is 0 Å². The fourth-order valence-electron chi connectivity index (χ4n) is 3.42. The van der Waals surface area contributed by atoms with Crippen LogP contribution in [0.2, 0.25) is 0 Å². The van der Waals surface area contributed by atoms with Gasteiger partial charge >= 0.3 is 22.6 Å². The van der Waals surface area contributed by atoms with Crippen LogP contribution in [-0.4, -0.2) is 37.1 Å². The Bertz CT molecular complexity index is 1400. The van der Waals surface area contributed by atoms with Crippen molar-refractivity contribution in [2.75, 3.05) is 22.9 Å². The van der Waals surface area contributed by atoms with Gasteiger partial charge in [0, 0.05) is 44.6 Å². The molecule has 2 aromatic heterocycles. The average molecular weight is 457 g/mol. The zero-order valence-corrected chi connectivity index (χ0v) is 18.5. The van der Waals surface area contributed by atoms with Gasteiger partial charge in [0.15, 0.2) is 0 Å². The molecule has 0 saturated carbocycles. The number of nitrogens with one attached hydrogen (secondary N) is 2. The zero-order valence-electron chi connectivity index (χ0n) is 18.5. The molecule has 3 aromatic rings. The maximum Gasteiger partial charge on any atom is 0.374 e. The Hall–Kier alpha value is -4.42. The molecule has 0 radical (unpaired) electrons. The summed E-state index contributed by atoms with van der Waals surface area (Å²) in [7, 11) is 2.53. The first kappa shape index (κ1) is 23.2. The summed E-state index contributed by atoms with van der Waals surface area (Å²) < 4.78 is 1.60. The first-order valence-electron chi connectivity index (χ1n) is 10.0. The van der Waals surface area contributed by atoms with Crippen LogP contribution in [0.5, 0.6) is 0 Å². The summed E-state index contributed by atoms with van der Waals surface area (Å²) in [4.78, 5) is 67.4. The van der Waals surface area contributed by atoms with E-state index in [-0.39, 0.29) is 12.4 Å². The van der Waals surface area contributed by atoms with Gasteiger partial charge in [-0.25, -0.2) is 9.59 Å². The molecule has 2 heterocycles. The molecule has 0 atom stereocenters. The van der Waals surface area contributed by atoms with Crippen molar-refractivity contribution in [2.24, 2.45) is 14.1 Å². The lowest BCUT2D eigenvalue weighted by molar-refractivity contribution is -0.386. The smallest absolute Gasteiger partial charge is 0.328 e. The second-order valence-corrected chi connectivity index (χ2v) is 7.11. The molecule has 0 amide bonds. The van der Waals surface area contributed by atoms with Crippen LogP contribution in [0.4, 0.5) is 28.7 Å². The van der Waals surface area contributed by atoms with Gasteiger partial charge in [0.2, 0.25) is 5.82 Å². The van der Waals surface area contributed by atoms with E-state index in [1.807, 2.05) is 6.92 Å². The molecule has 0 saturated heterocycles. The summed E-state index contributed by atoms with van der Waals surface area (Å²) in [6, 6.07) is 8.01. The molecule has 0 aliphatic heterocycles.